The van der Waals surface area contributed by atoms with Crippen molar-refractivity contribution in [1.82, 2.24) is 10.3 Å². The molecule has 0 fully saturated rings. The van der Waals surface area contributed by atoms with E-state index >= 15 is 0 Å². The second kappa shape index (κ2) is 8.01. The Bertz CT molecular complexity index is 968. The summed E-state index contributed by atoms with van der Waals surface area (Å²) in [5, 5.41) is 5.59. The van der Waals surface area contributed by atoms with Gasteiger partial charge in [-0.3, -0.25) is 0 Å². The van der Waals surface area contributed by atoms with Gasteiger partial charge in [0, 0.05) is 16.6 Å². The summed E-state index contributed by atoms with van der Waals surface area (Å²) in [6, 6.07) is 10.7. The molecule has 0 radical (unpaired) electrons. The standard InChI is InChI=1S/C21H23ClN2O2.ClH/c1-12-4-6-16-15(10-12)14-8-9-23-17(20(14)24-16)11-13-5-7-18(25-2)21(26-3)19(13)22;/h4-7,10,17,23-24H,8-9,11H2,1-3H3;1H. The third-order valence-corrected chi connectivity index (χ3v) is 5.61. The molecule has 4 nitrogen and oxygen atoms in total. The lowest BCUT2D eigenvalue weighted by molar-refractivity contribution is 0.354. The maximum atomic E-state index is 6.60. The molecule has 2 N–H and O–H groups in total. The average molecular weight is 407 g/mol. The normalized spacial score (nSPS) is 15.9. The summed E-state index contributed by atoms with van der Waals surface area (Å²) in [6.07, 6.45) is 1.83. The van der Waals surface area contributed by atoms with Crippen LogP contribution in [-0.2, 0) is 12.8 Å². The molecule has 2 heterocycles. The molecule has 6 heteroatoms. The van der Waals surface area contributed by atoms with Crippen LogP contribution in [-0.4, -0.2) is 25.7 Å². The van der Waals surface area contributed by atoms with E-state index < -0.39 is 0 Å². The van der Waals surface area contributed by atoms with Crippen molar-refractivity contribution in [3.05, 3.63) is 57.7 Å². The zero-order chi connectivity index (χ0) is 18.3. The molecule has 3 aromatic rings. The molecule has 0 bridgehead atoms. The number of rotatable bonds is 4. The molecular formula is C21H24Cl2N2O2. The largest absolute Gasteiger partial charge is 0.493 e. The van der Waals surface area contributed by atoms with Crippen LogP contribution in [0.1, 0.15) is 28.4 Å². The predicted molar refractivity (Wildman–Crippen MR) is 113 cm³/mol. The van der Waals surface area contributed by atoms with Gasteiger partial charge in [0.1, 0.15) is 0 Å². The van der Waals surface area contributed by atoms with Crippen molar-refractivity contribution in [2.24, 2.45) is 0 Å². The Labute approximate surface area is 170 Å². The molecule has 1 unspecified atom stereocenters. The quantitative estimate of drug-likeness (QED) is 0.640. The van der Waals surface area contributed by atoms with Crippen LogP contribution in [0.4, 0.5) is 0 Å². The zero-order valence-electron chi connectivity index (χ0n) is 15.7. The number of benzene rings is 2. The summed E-state index contributed by atoms with van der Waals surface area (Å²) in [4.78, 5) is 3.62. The van der Waals surface area contributed by atoms with Gasteiger partial charge in [-0.05, 0) is 55.6 Å². The maximum absolute atomic E-state index is 6.60. The molecule has 2 aromatic carbocycles. The van der Waals surface area contributed by atoms with Crippen molar-refractivity contribution in [1.29, 1.82) is 0 Å². The van der Waals surface area contributed by atoms with E-state index in [0.717, 1.165) is 24.9 Å². The highest BCUT2D eigenvalue weighted by molar-refractivity contribution is 6.33. The van der Waals surface area contributed by atoms with E-state index in [1.165, 1.54) is 27.7 Å². The first-order valence-corrected chi connectivity index (χ1v) is 9.24. The van der Waals surface area contributed by atoms with Crippen LogP contribution in [0.25, 0.3) is 10.9 Å². The van der Waals surface area contributed by atoms with Crippen LogP contribution in [0.5, 0.6) is 11.5 Å². The summed E-state index contributed by atoms with van der Waals surface area (Å²) in [5.74, 6) is 1.25. The number of hydrogen-bond donors (Lipinski definition) is 2. The van der Waals surface area contributed by atoms with Crippen LogP contribution in [0.3, 0.4) is 0 Å². The van der Waals surface area contributed by atoms with Crippen molar-refractivity contribution in [3.8, 4) is 11.5 Å². The van der Waals surface area contributed by atoms with Crippen molar-refractivity contribution >= 4 is 34.9 Å². The Morgan fingerprint density at radius 1 is 1.15 bits per heavy atom. The van der Waals surface area contributed by atoms with Gasteiger partial charge in [0.25, 0.3) is 0 Å². The first-order valence-electron chi connectivity index (χ1n) is 8.86. The summed E-state index contributed by atoms with van der Waals surface area (Å²) < 4.78 is 10.8. The number of aryl methyl sites for hydroxylation is 1. The average Bonchev–Trinajstić information content (AvgIpc) is 3.02. The lowest BCUT2D eigenvalue weighted by atomic mass is 9.94. The van der Waals surface area contributed by atoms with Gasteiger partial charge >= 0.3 is 0 Å². The minimum Gasteiger partial charge on any atom is -0.493 e. The summed E-state index contributed by atoms with van der Waals surface area (Å²) in [7, 11) is 3.24. The number of aromatic amines is 1. The van der Waals surface area contributed by atoms with E-state index in [0.29, 0.717) is 16.5 Å². The van der Waals surface area contributed by atoms with E-state index in [-0.39, 0.29) is 18.4 Å². The number of halogens is 2. The molecule has 1 aliphatic heterocycles. The number of H-pyrrole nitrogens is 1. The Hall–Kier alpha value is -1.88. The third-order valence-electron chi connectivity index (χ3n) is 5.20. The number of ether oxygens (including phenoxy) is 2. The SMILES string of the molecule is COc1ccc(CC2NCCc3c2[nH]c2ccc(C)cc32)c(Cl)c1OC.Cl. The molecule has 0 amide bonds. The monoisotopic (exact) mass is 406 g/mol. The van der Waals surface area contributed by atoms with E-state index in [1.807, 2.05) is 12.1 Å². The van der Waals surface area contributed by atoms with Gasteiger partial charge in [-0.2, -0.15) is 0 Å². The second-order valence-corrected chi connectivity index (χ2v) is 7.18. The van der Waals surface area contributed by atoms with Crippen molar-refractivity contribution < 1.29 is 9.47 Å². The minimum absolute atomic E-state index is 0. The van der Waals surface area contributed by atoms with Gasteiger partial charge in [-0.15, -0.1) is 12.4 Å². The van der Waals surface area contributed by atoms with Crippen LogP contribution in [0.2, 0.25) is 5.02 Å². The van der Waals surface area contributed by atoms with Gasteiger partial charge < -0.3 is 19.8 Å². The van der Waals surface area contributed by atoms with Gasteiger partial charge in [0.15, 0.2) is 11.5 Å². The lowest BCUT2D eigenvalue weighted by Gasteiger charge is -2.25. The van der Waals surface area contributed by atoms with Gasteiger partial charge in [-0.25, -0.2) is 0 Å². The fourth-order valence-corrected chi connectivity index (χ4v) is 4.21. The predicted octanol–water partition coefficient (Wildman–Crippen LogP) is 5.00. The Kier molecular flexibility index (Phi) is 5.89. The van der Waals surface area contributed by atoms with E-state index in [1.54, 1.807) is 14.2 Å². The highest BCUT2D eigenvalue weighted by atomic mass is 35.5. The second-order valence-electron chi connectivity index (χ2n) is 6.80. The molecular weight excluding hydrogens is 383 g/mol. The number of fused-ring (bicyclic) bond motifs is 3. The minimum atomic E-state index is 0. The van der Waals surface area contributed by atoms with Gasteiger partial charge in [0.2, 0.25) is 0 Å². The Morgan fingerprint density at radius 2 is 1.96 bits per heavy atom. The molecule has 0 aliphatic carbocycles. The first kappa shape index (κ1) is 19.9. The van der Waals surface area contributed by atoms with E-state index in [9.17, 15) is 0 Å². The van der Waals surface area contributed by atoms with Crippen LogP contribution < -0.4 is 14.8 Å². The topological polar surface area (TPSA) is 46.3 Å². The maximum Gasteiger partial charge on any atom is 0.179 e. The molecule has 1 atom stereocenters. The molecule has 1 aromatic heterocycles. The molecule has 0 spiro atoms. The molecule has 144 valence electrons. The smallest absolute Gasteiger partial charge is 0.179 e. The first-order chi connectivity index (χ1) is 12.6. The van der Waals surface area contributed by atoms with E-state index in [4.69, 9.17) is 21.1 Å². The van der Waals surface area contributed by atoms with Gasteiger partial charge in [0.05, 0.1) is 25.3 Å². The number of hydrogen-bond acceptors (Lipinski definition) is 3. The lowest BCUT2D eigenvalue weighted by Crippen LogP contribution is -2.31. The number of aromatic nitrogens is 1. The molecule has 0 saturated carbocycles. The zero-order valence-corrected chi connectivity index (χ0v) is 17.3. The Balaban J connectivity index is 0.00000210. The third kappa shape index (κ3) is 3.49. The molecule has 0 saturated heterocycles. The number of methoxy groups -OCH3 is 2. The fourth-order valence-electron chi connectivity index (χ4n) is 3.90. The van der Waals surface area contributed by atoms with Crippen molar-refractivity contribution in [2.75, 3.05) is 20.8 Å². The van der Waals surface area contributed by atoms with Crippen LogP contribution in [0.15, 0.2) is 30.3 Å². The fraction of sp³-hybridized carbons (Fsp3) is 0.333. The van der Waals surface area contributed by atoms with Crippen molar-refractivity contribution in [3.63, 3.8) is 0 Å². The van der Waals surface area contributed by atoms with Gasteiger partial charge in [-0.1, -0.05) is 29.3 Å². The van der Waals surface area contributed by atoms with Crippen LogP contribution >= 0.6 is 24.0 Å². The number of nitrogens with one attached hydrogen (secondary N) is 2. The molecule has 27 heavy (non-hydrogen) atoms. The summed E-state index contributed by atoms with van der Waals surface area (Å²) >= 11 is 6.60. The highest BCUT2D eigenvalue weighted by Gasteiger charge is 2.25. The Morgan fingerprint density at radius 3 is 2.70 bits per heavy atom. The molecule has 1 aliphatic rings. The molecule has 4 rings (SSSR count). The summed E-state index contributed by atoms with van der Waals surface area (Å²) in [5.41, 5.74) is 6.22. The van der Waals surface area contributed by atoms with Crippen LogP contribution in [0, 0.1) is 6.92 Å². The van der Waals surface area contributed by atoms with Crippen molar-refractivity contribution in [2.45, 2.75) is 25.8 Å². The highest BCUT2D eigenvalue weighted by Crippen LogP contribution is 2.40. The van der Waals surface area contributed by atoms with E-state index in [2.05, 4.69) is 35.4 Å². The summed E-state index contributed by atoms with van der Waals surface area (Å²) in [6.45, 7) is 3.10.